The maximum atomic E-state index is 12.6. The van der Waals surface area contributed by atoms with Crippen LogP contribution in [0, 0.1) is 0 Å². The number of halogens is 3. The highest BCUT2D eigenvalue weighted by Crippen LogP contribution is 2.69. The molecule has 0 spiro atoms. The monoisotopic (exact) mass is 424 g/mol. The summed E-state index contributed by atoms with van der Waals surface area (Å²) in [6.07, 6.45) is 0. The molecule has 3 aromatic rings. The van der Waals surface area contributed by atoms with Gasteiger partial charge in [0.1, 0.15) is 0 Å². The fraction of sp³-hybridized carbons (Fsp3) is 0.0500. The van der Waals surface area contributed by atoms with Crippen LogP contribution in [0.15, 0.2) is 106 Å². The third-order valence-corrected chi connectivity index (χ3v) is 7.33. The Kier molecular flexibility index (Phi) is 5.83. The highest BCUT2D eigenvalue weighted by atomic mass is 35.6. The van der Waals surface area contributed by atoms with E-state index in [2.05, 4.69) is 0 Å². The summed E-state index contributed by atoms with van der Waals surface area (Å²) in [6.45, 7) is 0. The summed E-state index contributed by atoms with van der Waals surface area (Å²) in [4.78, 5) is 15.1. The van der Waals surface area contributed by atoms with Crippen LogP contribution >= 0.6 is 45.1 Å². The highest BCUT2D eigenvalue weighted by Gasteiger charge is 2.42. The number of carbonyl (C=O) groups excluding carboxylic acids is 1. The quantitative estimate of drug-likeness (QED) is 0.430. The Hall–Kier alpha value is -1.65. The van der Waals surface area contributed by atoms with Gasteiger partial charge in [0.25, 0.3) is 3.79 Å². The molecule has 3 rings (SSSR count). The van der Waals surface area contributed by atoms with Crippen molar-refractivity contribution >= 4 is 51.1 Å². The lowest BCUT2D eigenvalue weighted by Crippen LogP contribution is -2.24. The molecule has 6 heteroatoms. The van der Waals surface area contributed by atoms with E-state index in [-0.39, 0.29) is 0 Å². The summed E-state index contributed by atoms with van der Waals surface area (Å²) in [6, 6.07) is 28.6. The molecule has 0 aliphatic carbocycles. The third kappa shape index (κ3) is 3.86. The van der Waals surface area contributed by atoms with Crippen molar-refractivity contribution in [3.8, 4) is 0 Å². The second-order valence-electron chi connectivity index (χ2n) is 5.36. The molecule has 0 bridgehead atoms. The smallest absolute Gasteiger partial charge is 0.369 e. The Labute approximate surface area is 169 Å². The maximum Gasteiger partial charge on any atom is 0.369 e. The Morgan fingerprint density at radius 1 is 0.654 bits per heavy atom. The zero-order valence-electron chi connectivity index (χ0n) is 13.5. The first-order chi connectivity index (χ1) is 12.4. The number of rotatable bonds is 4. The van der Waals surface area contributed by atoms with Crippen LogP contribution in [0.3, 0.4) is 0 Å². The van der Waals surface area contributed by atoms with Crippen LogP contribution in [0.4, 0.5) is 0 Å². The minimum Gasteiger partial charge on any atom is -0.399 e. The largest absolute Gasteiger partial charge is 0.399 e. The van der Waals surface area contributed by atoms with Gasteiger partial charge in [-0.15, -0.1) is 0 Å². The third-order valence-electron chi connectivity index (χ3n) is 3.66. The predicted octanol–water partition coefficient (Wildman–Crippen LogP) is 6.80. The van der Waals surface area contributed by atoms with E-state index in [1.807, 2.05) is 91.0 Å². The lowest BCUT2D eigenvalue weighted by Gasteiger charge is -2.40. The summed E-state index contributed by atoms with van der Waals surface area (Å²) in [5.74, 6) is -0.908. The van der Waals surface area contributed by atoms with Crippen molar-refractivity contribution in [2.45, 2.75) is 18.5 Å². The Morgan fingerprint density at radius 3 is 1.23 bits per heavy atom. The van der Waals surface area contributed by atoms with Gasteiger partial charge in [0.15, 0.2) is 0 Å². The van der Waals surface area contributed by atoms with Gasteiger partial charge in [0, 0.05) is 14.7 Å². The first-order valence-corrected chi connectivity index (χ1v) is 10.4. The number of hydrogen-bond donors (Lipinski definition) is 0. The average Bonchev–Trinajstić information content (AvgIpc) is 2.67. The van der Waals surface area contributed by atoms with Crippen molar-refractivity contribution in [2.75, 3.05) is 0 Å². The molecule has 0 heterocycles. The van der Waals surface area contributed by atoms with E-state index in [4.69, 9.17) is 39.0 Å². The van der Waals surface area contributed by atoms with E-state index < -0.39 is 20.1 Å². The van der Waals surface area contributed by atoms with E-state index in [1.54, 1.807) is 0 Å². The Balaban J connectivity index is 2.30. The van der Waals surface area contributed by atoms with E-state index in [0.29, 0.717) is 0 Å². The molecular weight excluding hydrogens is 411 g/mol. The van der Waals surface area contributed by atoms with Crippen molar-refractivity contribution in [3.05, 3.63) is 91.0 Å². The molecule has 0 aromatic heterocycles. The van der Waals surface area contributed by atoms with Crippen LogP contribution in [-0.2, 0) is 8.98 Å². The molecule has 2 nitrogen and oxygen atoms in total. The number of benzene rings is 3. The number of carbonyl (C=O) groups is 1. The van der Waals surface area contributed by atoms with Crippen LogP contribution in [-0.4, -0.2) is 9.76 Å². The summed E-state index contributed by atoms with van der Waals surface area (Å²) in [7, 11) is -2.42. The first kappa shape index (κ1) is 19.1. The summed E-state index contributed by atoms with van der Waals surface area (Å²) in [5.41, 5.74) is 0. The molecule has 26 heavy (non-hydrogen) atoms. The molecule has 0 amide bonds. The van der Waals surface area contributed by atoms with Crippen molar-refractivity contribution in [2.24, 2.45) is 0 Å². The second kappa shape index (κ2) is 7.93. The van der Waals surface area contributed by atoms with E-state index in [9.17, 15) is 4.79 Å². The standard InChI is InChI=1S/C20H15Cl3O2S/c21-20(22,23)19(24)25-26(16-10-4-1-5-11-16,17-12-6-2-7-13-17)18-14-8-3-9-15-18/h1-15H. The minimum absolute atomic E-state index is 0.833. The Morgan fingerprint density at radius 2 is 0.962 bits per heavy atom. The summed E-state index contributed by atoms with van der Waals surface area (Å²) < 4.78 is 3.84. The maximum absolute atomic E-state index is 12.6. The molecule has 3 aromatic carbocycles. The fourth-order valence-corrected chi connectivity index (χ4v) is 5.88. The number of hydrogen-bond acceptors (Lipinski definition) is 2. The van der Waals surface area contributed by atoms with Crippen molar-refractivity contribution in [3.63, 3.8) is 0 Å². The predicted molar refractivity (Wildman–Crippen MR) is 108 cm³/mol. The van der Waals surface area contributed by atoms with Gasteiger partial charge in [-0.05, 0) is 46.7 Å². The molecule has 0 aliphatic heterocycles. The van der Waals surface area contributed by atoms with E-state index >= 15 is 0 Å². The van der Waals surface area contributed by atoms with Crippen LogP contribution in [0.1, 0.15) is 0 Å². The first-order valence-electron chi connectivity index (χ1n) is 7.74. The van der Waals surface area contributed by atoms with Gasteiger partial charge in [0.05, 0.1) is 0 Å². The van der Waals surface area contributed by atoms with Gasteiger partial charge in [-0.25, -0.2) is 4.79 Å². The molecule has 0 N–H and O–H groups in total. The van der Waals surface area contributed by atoms with Crippen LogP contribution in [0.2, 0.25) is 0 Å². The molecule has 0 saturated carbocycles. The second-order valence-corrected chi connectivity index (χ2v) is 10.3. The molecule has 0 saturated heterocycles. The average molecular weight is 426 g/mol. The highest BCUT2D eigenvalue weighted by molar-refractivity contribution is 8.30. The van der Waals surface area contributed by atoms with Crippen molar-refractivity contribution in [1.82, 2.24) is 0 Å². The van der Waals surface area contributed by atoms with Crippen LogP contribution in [0.5, 0.6) is 0 Å². The zero-order valence-corrected chi connectivity index (χ0v) is 16.6. The van der Waals surface area contributed by atoms with Gasteiger partial charge < -0.3 is 4.18 Å². The topological polar surface area (TPSA) is 26.3 Å². The molecule has 0 aliphatic rings. The van der Waals surface area contributed by atoms with Gasteiger partial charge in [-0.1, -0.05) is 89.4 Å². The zero-order chi connectivity index (χ0) is 18.6. The SMILES string of the molecule is O=C(OS(c1ccccc1)(c1ccccc1)c1ccccc1)C(Cl)(Cl)Cl. The van der Waals surface area contributed by atoms with Crippen LogP contribution < -0.4 is 0 Å². The molecule has 0 atom stereocenters. The van der Waals surface area contributed by atoms with Crippen molar-refractivity contribution < 1.29 is 8.98 Å². The fourth-order valence-electron chi connectivity index (χ4n) is 2.55. The van der Waals surface area contributed by atoms with Gasteiger partial charge in [-0.3, -0.25) is 0 Å². The molecule has 134 valence electrons. The minimum atomic E-state index is -2.42. The molecule has 0 unspecified atom stereocenters. The van der Waals surface area contributed by atoms with Crippen molar-refractivity contribution in [1.29, 1.82) is 0 Å². The molecule has 0 fully saturated rings. The normalized spacial score (nSPS) is 12.4. The summed E-state index contributed by atoms with van der Waals surface area (Å²) >= 11 is 17.5. The summed E-state index contributed by atoms with van der Waals surface area (Å²) in [5, 5.41) is 0. The lowest BCUT2D eigenvalue weighted by molar-refractivity contribution is -0.132. The van der Waals surface area contributed by atoms with E-state index in [0.717, 1.165) is 14.7 Å². The Bertz CT molecular complexity index is 769. The van der Waals surface area contributed by atoms with E-state index in [1.165, 1.54) is 0 Å². The van der Waals surface area contributed by atoms with Gasteiger partial charge in [-0.2, -0.15) is 0 Å². The van der Waals surface area contributed by atoms with Gasteiger partial charge in [0.2, 0.25) is 0 Å². The number of alkyl halides is 3. The van der Waals surface area contributed by atoms with Gasteiger partial charge >= 0.3 is 5.97 Å². The lowest BCUT2D eigenvalue weighted by atomic mass is 10.4. The molecule has 0 radical (unpaired) electrons. The van der Waals surface area contributed by atoms with Crippen LogP contribution in [0.25, 0.3) is 0 Å². The molecular formula is C20H15Cl3O2S.